The predicted octanol–water partition coefficient (Wildman–Crippen LogP) is 0.212. The van der Waals surface area contributed by atoms with E-state index in [2.05, 4.69) is 0 Å². The number of esters is 3. The zero-order valence-corrected chi connectivity index (χ0v) is 26.5. The molecule has 6 N–H and O–H groups in total. The van der Waals surface area contributed by atoms with Crippen molar-refractivity contribution in [2.45, 2.75) is 49.8 Å². The Kier molecular flexibility index (Phi) is 13.0. The fourth-order valence-corrected chi connectivity index (χ4v) is 5.10. The van der Waals surface area contributed by atoms with Crippen LogP contribution < -0.4 is 4.74 Å². The minimum absolute atomic E-state index is 0.0262. The van der Waals surface area contributed by atoms with Gasteiger partial charge in [-0.05, 0) is 42.0 Å². The molecule has 2 heterocycles. The van der Waals surface area contributed by atoms with Gasteiger partial charge in [-0.15, -0.1) is 0 Å². The van der Waals surface area contributed by atoms with E-state index in [-0.39, 0.29) is 40.6 Å². The van der Waals surface area contributed by atoms with Crippen LogP contribution in [-0.2, 0) is 44.4 Å². The van der Waals surface area contributed by atoms with E-state index in [1.165, 1.54) is 43.5 Å². The van der Waals surface area contributed by atoms with Gasteiger partial charge in [0.2, 0.25) is 6.29 Å². The van der Waals surface area contributed by atoms with Crippen molar-refractivity contribution in [3.8, 4) is 17.2 Å². The number of hydrogen-bond acceptors (Lipinski definition) is 16. The van der Waals surface area contributed by atoms with Crippen LogP contribution in [0.25, 0.3) is 0 Å². The molecule has 2 aliphatic heterocycles. The van der Waals surface area contributed by atoms with Gasteiger partial charge in [-0.2, -0.15) is 0 Å². The van der Waals surface area contributed by atoms with E-state index in [0.717, 1.165) is 18.9 Å². The number of hydrogen-bond donors (Lipinski definition) is 6. The molecule has 266 valence electrons. The van der Waals surface area contributed by atoms with Gasteiger partial charge in [0.25, 0.3) is 0 Å². The van der Waals surface area contributed by atoms with Crippen molar-refractivity contribution in [3.05, 3.63) is 77.1 Å². The molecule has 0 radical (unpaired) electrons. The first-order chi connectivity index (χ1) is 23.5. The summed E-state index contributed by atoms with van der Waals surface area (Å²) in [6.07, 6.45) is -7.64. The van der Waals surface area contributed by atoms with Gasteiger partial charge >= 0.3 is 17.9 Å². The molecule has 0 saturated carbocycles. The number of carbonyl (C=O) groups is 3. The molecule has 0 unspecified atom stereocenters. The molecule has 2 aliphatic rings. The third-order valence-corrected chi connectivity index (χ3v) is 7.81. The van der Waals surface area contributed by atoms with Crippen LogP contribution in [0.15, 0.2) is 65.9 Å². The number of aliphatic hydroxyl groups is 4. The maximum atomic E-state index is 13.1. The molecule has 4 rings (SSSR count). The van der Waals surface area contributed by atoms with Crippen LogP contribution in [0.5, 0.6) is 17.2 Å². The molecule has 0 aliphatic carbocycles. The van der Waals surface area contributed by atoms with Crippen LogP contribution in [0.1, 0.15) is 22.3 Å². The summed E-state index contributed by atoms with van der Waals surface area (Å²) >= 11 is 0. The summed E-state index contributed by atoms with van der Waals surface area (Å²) in [7, 11) is 2.42. The van der Waals surface area contributed by atoms with Crippen LogP contribution in [0, 0.1) is 5.92 Å². The number of carbonyl (C=O) groups excluding carboxylic acids is 3. The Morgan fingerprint density at radius 1 is 0.918 bits per heavy atom. The van der Waals surface area contributed by atoms with Crippen LogP contribution in [0.4, 0.5) is 0 Å². The molecule has 16 heteroatoms. The average molecular weight is 691 g/mol. The number of phenols is 2. The van der Waals surface area contributed by atoms with E-state index in [1.807, 2.05) is 0 Å². The van der Waals surface area contributed by atoms with E-state index >= 15 is 0 Å². The van der Waals surface area contributed by atoms with Gasteiger partial charge in [0, 0.05) is 17.9 Å². The third-order valence-electron chi connectivity index (χ3n) is 7.81. The predicted molar refractivity (Wildman–Crippen MR) is 164 cm³/mol. The zero-order valence-electron chi connectivity index (χ0n) is 26.5. The standard InChI is InChI=1S/C33H38O16/c1-43-24-13-18(5-8-23(24)36)30(41)46-12-10-20-21(14-26(37)45-11-9-17-3-6-19(35)7-4-17)22(31(42)44-2)16-47-32(20)49-33-29(40)28(39)27(38)25(15-34)48-33/h3-8,10,13,16,21,25,27-29,32-36,38-40H,9,11-12,14-15H2,1-2H3/t21-,25-,27-,28+,29-,32-,33-/m1/s1. The van der Waals surface area contributed by atoms with Gasteiger partial charge in [-0.25, -0.2) is 9.59 Å². The minimum Gasteiger partial charge on any atom is -0.508 e. The molecule has 16 nitrogen and oxygen atoms in total. The fraction of sp³-hybridized carbons (Fsp3) is 0.424. The summed E-state index contributed by atoms with van der Waals surface area (Å²) in [6, 6.07) is 10.1. The number of benzene rings is 2. The van der Waals surface area contributed by atoms with Gasteiger partial charge in [-0.3, -0.25) is 4.79 Å². The lowest BCUT2D eigenvalue weighted by Crippen LogP contribution is -2.60. The summed E-state index contributed by atoms with van der Waals surface area (Å²) < 4.78 is 37.6. The number of aliphatic hydroxyl groups excluding tert-OH is 4. The summed E-state index contributed by atoms with van der Waals surface area (Å²) in [4.78, 5) is 38.7. The van der Waals surface area contributed by atoms with Crippen molar-refractivity contribution in [1.82, 2.24) is 0 Å². The van der Waals surface area contributed by atoms with Gasteiger partial charge in [0.15, 0.2) is 17.8 Å². The molecule has 2 aromatic rings. The van der Waals surface area contributed by atoms with E-state index in [0.29, 0.717) is 6.42 Å². The number of rotatable bonds is 13. The lowest BCUT2D eigenvalue weighted by molar-refractivity contribution is -0.327. The zero-order chi connectivity index (χ0) is 35.7. The first-order valence-electron chi connectivity index (χ1n) is 15.0. The molecule has 2 aromatic carbocycles. The number of methoxy groups -OCH3 is 2. The molecule has 0 spiro atoms. The summed E-state index contributed by atoms with van der Waals surface area (Å²) in [5, 5.41) is 60.0. The molecular weight excluding hydrogens is 652 g/mol. The van der Waals surface area contributed by atoms with E-state index in [9.17, 15) is 45.0 Å². The fourth-order valence-electron chi connectivity index (χ4n) is 5.10. The van der Waals surface area contributed by atoms with Crippen LogP contribution in [0.2, 0.25) is 0 Å². The smallest absolute Gasteiger partial charge is 0.338 e. The first kappa shape index (κ1) is 37.1. The van der Waals surface area contributed by atoms with Crippen molar-refractivity contribution >= 4 is 17.9 Å². The van der Waals surface area contributed by atoms with Crippen LogP contribution >= 0.6 is 0 Å². The normalized spacial score (nSPS) is 25.9. The van der Waals surface area contributed by atoms with Crippen molar-refractivity contribution in [2.75, 3.05) is 34.0 Å². The molecule has 0 aromatic heterocycles. The van der Waals surface area contributed by atoms with Gasteiger partial charge in [-0.1, -0.05) is 12.1 Å². The molecule has 1 fully saturated rings. The van der Waals surface area contributed by atoms with E-state index < -0.39 is 80.5 Å². The largest absolute Gasteiger partial charge is 0.508 e. The monoisotopic (exact) mass is 690 g/mol. The lowest BCUT2D eigenvalue weighted by Gasteiger charge is -2.42. The molecule has 49 heavy (non-hydrogen) atoms. The number of ether oxygens (including phenoxy) is 7. The second-order valence-electron chi connectivity index (χ2n) is 10.9. The highest BCUT2D eigenvalue weighted by molar-refractivity contribution is 5.91. The Hall–Kier alpha value is -4.71. The second-order valence-corrected chi connectivity index (χ2v) is 10.9. The molecule has 1 saturated heterocycles. The molecule has 0 bridgehead atoms. The average Bonchev–Trinajstić information content (AvgIpc) is 3.10. The first-order valence-corrected chi connectivity index (χ1v) is 15.0. The second kappa shape index (κ2) is 17.1. The quantitative estimate of drug-likeness (QED) is 0.0936. The van der Waals surface area contributed by atoms with Crippen LogP contribution in [0.3, 0.4) is 0 Å². The van der Waals surface area contributed by atoms with Crippen molar-refractivity contribution in [3.63, 3.8) is 0 Å². The Bertz CT molecular complexity index is 1520. The Labute approximate surface area is 280 Å². The maximum absolute atomic E-state index is 13.1. The highest BCUT2D eigenvalue weighted by Gasteiger charge is 2.47. The van der Waals surface area contributed by atoms with Gasteiger partial charge in [0.1, 0.15) is 36.8 Å². The van der Waals surface area contributed by atoms with Crippen molar-refractivity contribution < 1.29 is 78.2 Å². The molecular formula is C33H38O16. The van der Waals surface area contributed by atoms with Crippen molar-refractivity contribution in [1.29, 1.82) is 0 Å². The highest BCUT2D eigenvalue weighted by Crippen LogP contribution is 2.36. The molecule has 7 atom stereocenters. The third kappa shape index (κ3) is 9.26. The highest BCUT2D eigenvalue weighted by atomic mass is 16.8. The summed E-state index contributed by atoms with van der Waals surface area (Å²) in [5.74, 6) is -3.68. The summed E-state index contributed by atoms with van der Waals surface area (Å²) in [5.41, 5.74) is 0.721. The van der Waals surface area contributed by atoms with Crippen molar-refractivity contribution in [2.24, 2.45) is 5.92 Å². The Morgan fingerprint density at radius 3 is 2.33 bits per heavy atom. The minimum atomic E-state index is -1.82. The SMILES string of the molecule is COC(=O)C1=CO[C@H](O[C@H]2O[C@H](CO)[C@@H](O)[C@H](O)[C@H]2O)C(=CCOC(=O)c2ccc(O)c(OC)c2)[C@H]1CC(=O)OCCc1ccc(O)cc1. The van der Waals surface area contributed by atoms with E-state index in [1.54, 1.807) is 12.1 Å². The Morgan fingerprint density at radius 2 is 1.65 bits per heavy atom. The number of aromatic hydroxyl groups is 2. The summed E-state index contributed by atoms with van der Waals surface area (Å²) in [6.45, 7) is -1.24. The van der Waals surface area contributed by atoms with Gasteiger partial charge < -0.3 is 63.8 Å². The molecule has 0 amide bonds. The number of phenolic OH excluding ortho intramolecular Hbond substituents is 2. The maximum Gasteiger partial charge on any atom is 0.338 e. The van der Waals surface area contributed by atoms with Crippen LogP contribution in [-0.4, -0.2) is 120 Å². The van der Waals surface area contributed by atoms with E-state index in [4.69, 9.17) is 33.2 Å². The lowest BCUT2D eigenvalue weighted by atomic mass is 9.86. The Balaban J connectivity index is 1.59. The topological polar surface area (TPSA) is 237 Å². The van der Waals surface area contributed by atoms with Gasteiger partial charge in [0.05, 0.1) is 51.3 Å².